The van der Waals surface area contributed by atoms with Gasteiger partial charge in [-0.25, -0.2) is 4.79 Å². The normalized spacial score (nSPS) is 12.9. The lowest BCUT2D eigenvalue weighted by atomic mass is 9.94. The molecule has 1 atom stereocenters. The molecule has 0 radical (unpaired) electrons. The van der Waals surface area contributed by atoms with Crippen molar-refractivity contribution in [3.8, 4) is 0 Å². The summed E-state index contributed by atoms with van der Waals surface area (Å²) in [5, 5.41) is 11.3. The zero-order valence-electron chi connectivity index (χ0n) is 10.2. The van der Waals surface area contributed by atoms with Gasteiger partial charge in [-0.2, -0.15) is 0 Å². The van der Waals surface area contributed by atoms with Gasteiger partial charge in [0.15, 0.2) is 0 Å². The second-order valence-corrected chi connectivity index (χ2v) is 4.49. The second kappa shape index (κ2) is 7.01. The van der Waals surface area contributed by atoms with Gasteiger partial charge >= 0.3 is 5.97 Å². The second-order valence-electron chi connectivity index (χ2n) is 4.49. The highest BCUT2D eigenvalue weighted by Crippen LogP contribution is 2.12. The van der Waals surface area contributed by atoms with E-state index in [0.717, 1.165) is 0 Å². The number of hydrogen-bond acceptors (Lipinski definition) is 4. The maximum Gasteiger partial charge on any atom is 0.326 e. The summed E-state index contributed by atoms with van der Waals surface area (Å²) in [5.74, 6) is -1.68. The molecular weight excluding hydrogens is 224 g/mol. The van der Waals surface area contributed by atoms with Gasteiger partial charge < -0.3 is 21.0 Å². The van der Waals surface area contributed by atoms with E-state index < -0.39 is 23.3 Å². The molecular formula is C11H20N2O4. The van der Waals surface area contributed by atoms with E-state index in [2.05, 4.69) is 5.32 Å². The Bertz CT molecular complexity index is 289. The summed E-state index contributed by atoms with van der Waals surface area (Å²) in [6, 6.07) is -0.965. The first-order valence-corrected chi connectivity index (χ1v) is 5.55. The fraction of sp³-hybridized carbons (Fsp3) is 0.727. The summed E-state index contributed by atoms with van der Waals surface area (Å²) in [4.78, 5) is 33.2. The van der Waals surface area contributed by atoms with Crippen LogP contribution >= 0.6 is 0 Å². The average Bonchev–Trinajstić information content (AvgIpc) is 2.27. The van der Waals surface area contributed by atoms with Crippen LogP contribution < -0.4 is 11.1 Å². The number of rotatable bonds is 8. The van der Waals surface area contributed by atoms with Crippen LogP contribution in [0.3, 0.4) is 0 Å². The van der Waals surface area contributed by atoms with Crippen LogP contribution in [0.2, 0.25) is 0 Å². The molecule has 4 N–H and O–H groups in total. The molecule has 6 heteroatoms. The Labute approximate surface area is 101 Å². The van der Waals surface area contributed by atoms with Crippen molar-refractivity contribution in [2.45, 2.75) is 39.2 Å². The third kappa shape index (κ3) is 5.44. The van der Waals surface area contributed by atoms with E-state index in [4.69, 9.17) is 10.8 Å². The summed E-state index contributed by atoms with van der Waals surface area (Å²) < 4.78 is 0. The molecule has 17 heavy (non-hydrogen) atoms. The number of carbonyl (C=O) groups excluding carboxylic acids is 2. The van der Waals surface area contributed by atoms with Crippen LogP contribution in [0.25, 0.3) is 0 Å². The first-order chi connectivity index (χ1) is 7.85. The van der Waals surface area contributed by atoms with Gasteiger partial charge in [-0.15, -0.1) is 0 Å². The zero-order valence-corrected chi connectivity index (χ0v) is 10.2. The number of amides is 1. The minimum atomic E-state index is -1.21. The van der Waals surface area contributed by atoms with Crippen LogP contribution in [-0.2, 0) is 14.4 Å². The maximum atomic E-state index is 11.6. The fourth-order valence-corrected chi connectivity index (χ4v) is 1.15. The lowest BCUT2D eigenvalue weighted by Gasteiger charge is -2.20. The van der Waals surface area contributed by atoms with E-state index in [0.29, 0.717) is 32.1 Å². The largest absolute Gasteiger partial charge is 0.480 e. The Hall–Kier alpha value is -1.43. The summed E-state index contributed by atoms with van der Waals surface area (Å²) >= 11 is 0. The number of carboxylic acid groups (broad SMARTS) is 1. The van der Waals surface area contributed by atoms with E-state index in [1.807, 2.05) is 0 Å². The molecule has 0 spiro atoms. The quantitative estimate of drug-likeness (QED) is 0.314. The minimum absolute atomic E-state index is 0.313. The standard InChI is InChI=1S/C11H20N2O4/c1-11(2,7-14)10(17)13-8(9(15)16)5-3-4-6-12/h7-8H,3-6,12H2,1-2H3,(H,13,17)(H,15,16)/t8-/m0/s1. The molecule has 0 aliphatic carbocycles. The minimum Gasteiger partial charge on any atom is -0.480 e. The van der Waals surface area contributed by atoms with Crippen LogP contribution in [-0.4, -0.2) is 35.9 Å². The zero-order chi connectivity index (χ0) is 13.5. The summed E-state index contributed by atoms with van der Waals surface area (Å²) in [6.45, 7) is 3.36. The molecule has 0 saturated carbocycles. The van der Waals surface area contributed by atoms with Crippen molar-refractivity contribution in [3.63, 3.8) is 0 Å². The van der Waals surface area contributed by atoms with Gasteiger partial charge in [0.25, 0.3) is 0 Å². The molecule has 98 valence electrons. The van der Waals surface area contributed by atoms with Crippen molar-refractivity contribution in [3.05, 3.63) is 0 Å². The number of aldehydes is 1. The molecule has 0 bridgehead atoms. The predicted molar refractivity (Wildman–Crippen MR) is 62.3 cm³/mol. The number of nitrogens with one attached hydrogen (secondary N) is 1. The average molecular weight is 244 g/mol. The Kier molecular flexibility index (Phi) is 6.42. The first-order valence-electron chi connectivity index (χ1n) is 5.55. The predicted octanol–water partition coefficient (Wildman–Crippen LogP) is -0.0901. The van der Waals surface area contributed by atoms with Crippen molar-refractivity contribution < 1.29 is 19.5 Å². The highest BCUT2D eigenvalue weighted by atomic mass is 16.4. The van der Waals surface area contributed by atoms with Crippen molar-refractivity contribution in [1.29, 1.82) is 0 Å². The van der Waals surface area contributed by atoms with Gasteiger partial charge in [0.2, 0.25) is 5.91 Å². The van der Waals surface area contributed by atoms with E-state index in [-0.39, 0.29) is 0 Å². The molecule has 0 fully saturated rings. The van der Waals surface area contributed by atoms with Gasteiger partial charge in [0, 0.05) is 0 Å². The molecule has 0 aliphatic heterocycles. The molecule has 0 aliphatic rings. The van der Waals surface area contributed by atoms with Gasteiger partial charge in [0.05, 0.1) is 5.41 Å². The Morgan fingerprint density at radius 2 is 2.00 bits per heavy atom. The Morgan fingerprint density at radius 3 is 2.41 bits per heavy atom. The van der Waals surface area contributed by atoms with Gasteiger partial charge in [-0.1, -0.05) is 0 Å². The van der Waals surface area contributed by atoms with Crippen molar-refractivity contribution in [1.82, 2.24) is 5.32 Å². The lowest BCUT2D eigenvalue weighted by Crippen LogP contribution is -2.47. The van der Waals surface area contributed by atoms with Crippen molar-refractivity contribution >= 4 is 18.2 Å². The number of carboxylic acids is 1. The summed E-state index contributed by atoms with van der Waals surface area (Å²) in [7, 11) is 0. The maximum absolute atomic E-state index is 11.6. The number of hydrogen-bond donors (Lipinski definition) is 3. The molecule has 0 aromatic carbocycles. The molecule has 0 aromatic rings. The Balaban J connectivity index is 4.40. The van der Waals surface area contributed by atoms with Crippen LogP contribution in [0.15, 0.2) is 0 Å². The monoisotopic (exact) mass is 244 g/mol. The highest BCUT2D eigenvalue weighted by Gasteiger charge is 2.30. The van der Waals surface area contributed by atoms with E-state index >= 15 is 0 Å². The van der Waals surface area contributed by atoms with Crippen LogP contribution in [0.1, 0.15) is 33.1 Å². The highest BCUT2D eigenvalue weighted by molar-refractivity contribution is 5.97. The fourth-order valence-electron chi connectivity index (χ4n) is 1.15. The van der Waals surface area contributed by atoms with Gasteiger partial charge in [-0.3, -0.25) is 4.79 Å². The van der Waals surface area contributed by atoms with Crippen LogP contribution in [0.5, 0.6) is 0 Å². The SMILES string of the molecule is CC(C)(C=O)C(=O)N[C@@H](CCCCN)C(=O)O. The lowest BCUT2D eigenvalue weighted by molar-refractivity contribution is -0.144. The summed E-state index contributed by atoms with van der Waals surface area (Å²) in [6.07, 6.45) is 2.14. The molecule has 0 heterocycles. The molecule has 1 amide bonds. The van der Waals surface area contributed by atoms with E-state index in [9.17, 15) is 14.4 Å². The van der Waals surface area contributed by atoms with Gasteiger partial charge in [0.1, 0.15) is 12.3 Å². The third-order valence-corrected chi connectivity index (χ3v) is 2.43. The number of unbranched alkanes of at least 4 members (excludes halogenated alkanes) is 1. The van der Waals surface area contributed by atoms with Gasteiger partial charge in [-0.05, 0) is 39.7 Å². The topological polar surface area (TPSA) is 109 Å². The van der Waals surface area contributed by atoms with E-state index in [1.54, 1.807) is 0 Å². The van der Waals surface area contributed by atoms with Crippen LogP contribution in [0.4, 0.5) is 0 Å². The van der Waals surface area contributed by atoms with Crippen LogP contribution in [0, 0.1) is 5.41 Å². The summed E-state index contributed by atoms with van der Waals surface area (Å²) in [5.41, 5.74) is 4.10. The molecule has 0 saturated heterocycles. The molecule has 0 unspecified atom stereocenters. The molecule has 6 nitrogen and oxygen atoms in total. The molecule has 0 aromatic heterocycles. The van der Waals surface area contributed by atoms with Crippen molar-refractivity contribution in [2.24, 2.45) is 11.1 Å². The smallest absolute Gasteiger partial charge is 0.326 e. The first kappa shape index (κ1) is 15.6. The number of aliphatic carboxylic acids is 1. The number of nitrogens with two attached hydrogens (primary N) is 1. The third-order valence-electron chi connectivity index (χ3n) is 2.43. The number of carbonyl (C=O) groups is 3. The molecule has 0 rings (SSSR count). The Morgan fingerprint density at radius 1 is 1.41 bits per heavy atom. The van der Waals surface area contributed by atoms with Crippen molar-refractivity contribution in [2.75, 3.05) is 6.54 Å². The van der Waals surface area contributed by atoms with E-state index in [1.165, 1.54) is 13.8 Å².